The summed E-state index contributed by atoms with van der Waals surface area (Å²) < 4.78 is 15.2. The molecule has 0 spiro atoms. The van der Waals surface area contributed by atoms with Crippen molar-refractivity contribution in [3.05, 3.63) is 56.0 Å². The maximum atomic E-state index is 13.3. The largest absolute Gasteiger partial charge is 0.384 e. The molecule has 24 heavy (non-hydrogen) atoms. The summed E-state index contributed by atoms with van der Waals surface area (Å²) in [6.07, 6.45) is 0. The van der Waals surface area contributed by atoms with Gasteiger partial charge in [-0.15, -0.1) is 0 Å². The highest BCUT2D eigenvalue weighted by Gasteiger charge is 2.24. The lowest BCUT2D eigenvalue weighted by molar-refractivity contribution is 0.0973. The Morgan fingerprint density at radius 3 is 2.46 bits per heavy atom. The summed E-state index contributed by atoms with van der Waals surface area (Å²) in [5, 5.41) is 2.91. The number of nitrogens with one attached hydrogen (secondary N) is 1. The first-order chi connectivity index (χ1) is 11.1. The Morgan fingerprint density at radius 1 is 1.25 bits per heavy atom. The Labute approximate surface area is 137 Å². The number of Topliss-reactive ketones (excluding diaryl/α,β-unsaturated/α-hetero) is 1. The molecule has 0 radical (unpaired) electrons. The Morgan fingerprint density at radius 2 is 1.88 bits per heavy atom. The fourth-order valence-corrected chi connectivity index (χ4v) is 2.36. The van der Waals surface area contributed by atoms with Gasteiger partial charge in [-0.05, 0) is 37.6 Å². The van der Waals surface area contributed by atoms with Crippen molar-refractivity contribution >= 4 is 17.3 Å². The molecule has 7 nitrogen and oxygen atoms in total. The third-order valence-corrected chi connectivity index (χ3v) is 3.89. The molecule has 0 saturated heterocycles. The first kappa shape index (κ1) is 17.5. The molecule has 0 unspecified atom stereocenters. The van der Waals surface area contributed by atoms with Crippen LogP contribution in [-0.4, -0.2) is 21.0 Å². The van der Waals surface area contributed by atoms with Crippen molar-refractivity contribution in [2.24, 2.45) is 14.1 Å². The fourth-order valence-electron chi connectivity index (χ4n) is 2.36. The van der Waals surface area contributed by atoms with Gasteiger partial charge in [-0.3, -0.25) is 18.7 Å². The summed E-state index contributed by atoms with van der Waals surface area (Å²) in [7, 11) is 2.66. The average Bonchev–Trinajstić information content (AvgIpc) is 2.54. The maximum Gasteiger partial charge on any atom is 0.332 e. The van der Waals surface area contributed by atoms with E-state index in [0.717, 1.165) is 9.13 Å². The number of hydrogen-bond donors (Lipinski definition) is 2. The number of hydrogen-bond acceptors (Lipinski definition) is 5. The number of nitrogens with two attached hydrogens (primary N) is 1. The molecule has 0 aliphatic carbocycles. The number of ketones is 1. The van der Waals surface area contributed by atoms with Gasteiger partial charge in [-0.1, -0.05) is 0 Å². The van der Waals surface area contributed by atoms with Crippen LogP contribution in [0.25, 0.3) is 0 Å². The molecule has 0 fully saturated rings. The van der Waals surface area contributed by atoms with E-state index in [4.69, 9.17) is 5.73 Å². The minimum Gasteiger partial charge on any atom is -0.384 e. The van der Waals surface area contributed by atoms with Crippen LogP contribution in [0.5, 0.6) is 0 Å². The number of nitrogen functional groups attached to an aromatic ring is 1. The first-order valence-electron chi connectivity index (χ1n) is 7.27. The second kappa shape index (κ2) is 6.31. The number of rotatable bonds is 4. The van der Waals surface area contributed by atoms with Crippen molar-refractivity contribution in [3.63, 3.8) is 0 Å². The Balaban J connectivity index is 2.40. The highest BCUT2D eigenvalue weighted by Crippen LogP contribution is 2.16. The van der Waals surface area contributed by atoms with Crippen molar-refractivity contribution in [2.75, 3.05) is 11.1 Å². The van der Waals surface area contributed by atoms with E-state index in [-0.39, 0.29) is 17.2 Å². The lowest BCUT2D eigenvalue weighted by atomic mass is 10.1. The molecular formula is C16H19FN4O3. The molecule has 0 bridgehead atoms. The van der Waals surface area contributed by atoms with Gasteiger partial charge in [0.1, 0.15) is 17.2 Å². The minimum atomic E-state index is -0.789. The second-order valence-electron chi connectivity index (χ2n) is 5.66. The van der Waals surface area contributed by atoms with Crippen LogP contribution >= 0.6 is 0 Å². The summed E-state index contributed by atoms with van der Waals surface area (Å²) in [6, 6.07) is 3.55. The molecule has 1 aromatic carbocycles. The van der Waals surface area contributed by atoms with Gasteiger partial charge in [0.05, 0.1) is 6.04 Å². The molecule has 0 amide bonds. The third-order valence-electron chi connectivity index (χ3n) is 3.89. The number of aryl methyl sites for hydroxylation is 1. The van der Waals surface area contributed by atoms with E-state index in [2.05, 4.69) is 5.32 Å². The minimum absolute atomic E-state index is 0.183. The number of nitrogens with zero attached hydrogens (tertiary/aromatic N) is 2. The third kappa shape index (κ3) is 2.94. The maximum absolute atomic E-state index is 13.3. The van der Waals surface area contributed by atoms with Gasteiger partial charge in [-0.25, -0.2) is 9.18 Å². The highest BCUT2D eigenvalue weighted by atomic mass is 19.1. The second-order valence-corrected chi connectivity index (χ2v) is 5.66. The summed E-state index contributed by atoms with van der Waals surface area (Å²) in [6.45, 7) is 3.17. The van der Waals surface area contributed by atoms with E-state index in [9.17, 15) is 18.8 Å². The van der Waals surface area contributed by atoms with Crippen LogP contribution in [-0.2, 0) is 14.1 Å². The van der Waals surface area contributed by atoms with Gasteiger partial charge < -0.3 is 11.1 Å². The van der Waals surface area contributed by atoms with E-state index in [1.54, 1.807) is 19.9 Å². The molecule has 1 heterocycles. The number of carbonyl (C=O) groups excluding carboxylic acids is 1. The van der Waals surface area contributed by atoms with E-state index in [0.29, 0.717) is 11.3 Å². The van der Waals surface area contributed by atoms with Gasteiger partial charge in [0.25, 0.3) is 5.56 Å². The van der Waals surface area contributed by atoms with Crippen LogP contribution in [0.15, 0.2) is 27.8 Å². The zero-order chi connectivity index (χ0) is 18.2. The van der Waals surface area contributed by atoms with Crippen LogP contribution < -0.4 is 22.3 Å². The zero-order valence-corrected chi connectivity index (χ0v) is 13.9. The predicted octanol–water partition coefficient (Wildman–Crippen LogP) is 0.797. The van der Waals surface area contributed by atoms with E-state index < -0.39 is 23.1 Å². The molecule has 3 N–H and O–H groups in total. The Kier molecular flexibility index (Phi) is 4.59. The molecule has 128 valence electrons. The number of aromatic nitrogens is 2. The number of halogens is 1. The summed E-state index contributed by atoms with van der Waals surface area (Å²) in [5.74, 6) is -1.08. The van der Waals surface area contributed by atoms with E-state index in [1.165, 1.54) is 26.2 Å². The van der Waals surface area contributed by atoms with Crippen LogP contribution in [0.4, 0.5) is 15.9 Å². The molecular weight excluding hydrogens is 315 g/mol. The predicted molar refractivity (Wildman–Crippen MR) is 89.9 cm³/mol. The molecule has 8 heteroatoms. The Hall–Kier alpha value is -2.90. The SMILES string of the molecule is Cc1cc(N[C@@H](C)C(=O)c2c(N)n(C)c(=O)n(C)c2=O)ccc1F. The van der Waals surface area contributed by atoms with Crippen molar-refractivity contribution in [1.82, 2.24) is 9.13 Å². The van der Waals surface area contributed by atoms with Crippen LogP contribution in [0.3, 0.4) is 0 Å². The van der Waals surface area contributed by atoms with Crippen molar-refractivity contribution in [3.8, 4) is 0 Å². The molecule has 1 atom stereocenters. The number of anilines is 2. The summed E-state index contributed by atoms with van der Waals surface area (Å²) >= 11 is 0. The van der Waals surface area contributed by atoms with E-state index in [1.807, 2.05) is 0 Å². The van der Waals surface area contributed by atoms with Crippen molar-refractivity contribution < 1.29 is 9.18 Å². The fraction of sp³-hybridized carbons (Fsp3) is 0.312. The molecule has 1 aromatic heterocycles. The van der Waals surface area contributed by atoms with Crippen LogP contribution in [0, 0.1) is 12.7 Å². The van der Waals surface area contributed by atoms with Gasteiger partial charge >= 0.3 is 5.69 Å². The first-order valence-corrected chi connectivity index (χ1v) is 7.27. The molecule has 2 aromatic rings. The summed E-state index contributed by atoms with van der Waals surface area (Å²) in [4.78, 5) is 36.6. The van der Waals surface area contributed by atoms with Crippen molar-refractivity contribution in [2.45, 2.75) is 19.9 Å². The van der Waals surface area contributed by atoms with E-state index >= 15 is 0 Å². The average molecular weight is 334 g/mol. The van der Waals surface area contributed by atoms with Gasteiger partial charge in [0.15, 0.2) is 5.78 Å². The van der Waals surface area contributed by atoms with Gasteiger partial charge in [0, 0.05) is 19.8 Å². The summed E-state index contributed by atoms with van der Waals surface area (Å²) in [5.41, 5.74) is 5.14. The van der Waals surface area contributed by atoms with Gasteiger partial charge in [-0.2, -0.15) is 0 Å². The standard InChI is InChI=1S/C16H19FN4O3/c1-8-7-10(5-6-11(8)17)19-9(2)13(22)12-14(18)20(3)16(24)21(4)15(12)23/h5-7,9,19H,18H2,1-4H3/t9-/m0/s1. The molecule has 0 saturated carbocycles. The van der Waals surface area contributed by atoms with Gasteiger partial charge in [0.2, 0.25) is 0 Å². The number of carbonyl (C=O) groups is 1. The molecule has 2 rings (SSSR count). The van der Waals surface area contributed by atoms with Crippen molar-refractivity contribution in [1.29, 1.82) is 0 Å². The quantitative estimate of drug-likeness (QED) is 0.806. The monoisotopic (exact) mass is 334 g/mol. The van der Waals surface area contributed by atoms with Crippen LogP contribution in [0.2, 0.25) is 0 Å². The Bertz CT molecular complexity index is 930. The zero-order valence-electron chi connectivity index (χ0n) is 13.9. The lowest BCUT2D eigenvalue weighted by Crippen LogP contribution is -2.43. The topological polar surface area (TPSA) is 99.1 Å². The normalized spacial score (nSPS) is 12.0. The van der Waals surface area contributed by atoms with Crippen LogP contribution in [0.1, 0.15) is 22.8 Å². The number of benzene rings is 1. The lowest BCUT2D eigenvalue weighted by Gasteiger charge is -2.17. The highest BCUT2D eigenvalue weighted by molar-refractivity contribution is 6.04. The molecule has 0 aliphatic rings. The molecule has 0 aliphatic heterocycles. The smallest absolute Gasteiger partial charge is 0.332 e.